The molecule has 6 heteroatoms. The van der Waals surface area contributed by atoms with Crippen LogP contribution < -0.4 is 0 Å². The maximum absolute atomic E-state index is 4.69. The summed E-state index contributed by atoms with van der Waals surface area (Å²) in [5.41, 5.74) is 4.34. The lowest BCUT2D eigenvalue weighted by Crippen LogP contribution is -1.94. The van der Waals surface area contributed by atoms with Gasteiger partial charge in [0.05, 0.1) is 15.9 Å². The Morgan fingerprint density at radius 3 is 2.67 bits per heavy atom. The van der Waals surface area contributed by atoms with Crippen molar-refractivity contribution in [3.05, 3.63) is 54.4 Å². The summed E-state index contributed by atoms with van der Waals surface area (Å²) < 4.78 is 2.85. The van der Waals surface area contributed by atoms with Gasteiger partial charge in [0.25, 0.3) is 0 Å². The van der Waals surface area contributed by atoms with Crippen LogP contribution in [0.15, 0.2) is 48.8 Å². The molecule has 5 nitrogen and oxygen atoms in total. The maximum Gasteiger partial charge on any atom is 0.143 e. The van der Waals surface area contributed by atoms with E-state index in [0.29, 0.717) is 0 Å². The van der Waals surface area contributed by atoms with E-state index >= 15 is 0 Å². The molecule has 0 N–H and O–H groups in total. The first-order valence-electron chi connectivity index (χ1n) is 6.50. The second kappa shape index (κ2) is 4.75. The van der Waals surface area contributed by atoms with E-state index in [4.69, 9.17) is 0 Å². The molecule has 0 spiro atoms. The summed E-state index contributed by atoms with van der Waals surface area (Å²) in [6.45, 7) is 2.10. The lowest BCUT2D eigenvalue weighted by Gasteiger charge is -2.00. The smallest absolute Gasteiger partial charge is 0.143 e. The minimum atomic E-state index is 0.931. The molecule has 21 heavy (non-hydrogen) atoms. The van der Waals surface area contributed by atoms with Crippen LogP contribution in [0.5, 0.6) is 0 Å². The van der Waals surface area contributed by atoms with Gasteiger partial charge in [0.15, 0.2) is 0 Å². The summed E-state index contributed by atoms with van der Waals surface area (Å²) in [5.74, 6) is 0. The molecule has 2 aromatic carbocycles. The third kappa shape index (κ3) is 2.19. The average Bonchev–Trinajstić information content (AvgIpc) is 3.16. The number of rotatable bonds is 2. The van der Waals surface area contributed by atoms with Crippen molar-refractivity contribution in [2.45, 2.75) is 6.92 Å². The standard InChI is InChI=1S/C15H11N5S/c1-10-2-7-13-14(8-10)21-15(17-13)11-3-5-12(6-4-11)20-9-16-18-19-20/h2-9H,1H3. The van der Waals surface area contributed by atoms with E-state index in [1.54, 1.807) is 22.3 Å². The van der Waals surface area contributed by atoms with Gasteiger partial charge in [-0.25, -0.2) is 9.67 Å². The molecule has 0 radical (unpaired) electrons. The van der Waals surface area contributed by atoms with Crippen LogP contribution in [0.1, 0.15) is 5.56 Å². The van der Waals surface area contributed by atoms with Crippen LogP contribution in [0, 0.1) is 6.92 Å². The van der Waals surface area contributed by atoms with Gasteiger partial charge in [0.1, 0.15) is 11.3 Å². The Morgan fingerprint density at radius 2 is 1.90 bits per heavy atom. The quantitative estimate of drug-likeness (QED) is 0.569. The number of hydrogen-bond donors (Lipinski definition) is 0. The zero-order valence-corrected chi connectivity index (χ0v) is 12.1. The van der Waals surface area contributed by atoms with E-state index in [9.17, 15) is 0 Å². The van der Waals surface area contributed by atoms with E-state index in [1.807, 2.05) is 24.3 Å². The van der Waals surface area contributed by atoms with Gasteiger partial charge < -0.3 is 0 Å². The molecule has 0 saturated heterocycles. The van der Waals surface area contributed by atoms with Gasteiger partial charge >= 0.3 is 0 Å². The Labute approximate surface area is 124 Å². The van der Waals surface area contributed by atoms with Gasteiger partial charge in [-0.3, -0.25) is 0 Å². The Balaban J connectivity index is 1.74. The van der Waals surface area contributed by atoms with Crippen LogP contribution in [0.4, 0.5) is 0 Å². The first-order chi connectivity index (χ1) is 10.3. The third-order valence-corrected chi connectivity index (χ3v) is 4.34. The summed E-state index contributed by atoms with van der Waals surface area (Å²) in [6, 6.07) is 14.4. The van der Waals surface area contributed by atoms with Crippen molar-refractivity contribution in [1.82, 2.24) is 25.2 Å². The first-order valence-corrected chi connectivity index (χ1v) is 7.32. The second-order valence-electron chi connectivity index (χ2n) is 4.79. The molecule has 0 fully saturated rings. The summed E-state index contributed by atoms with van der Waals surface area (Å²) in [5, 5.41) is 12.2. The summed E-state index contributed by atoms with van der Waals surface area (Å²) >= 11 is 1.71. The average molecular weight is 293 g/mol. The van der Waals surface area contributed by atoms with Gasteiger partial charge in [-0.1, -0.05) is 6.07 Å². The van der Waals surface area contributed by atoms with Crippen molar-refractivity contribution in [3.8, 4) is 16.3 Å². The maximum atomic E-state index is 4.69. The number of aromatic nitrogens is 5. The van der Waals surface area contributed by atoms with E-state index in [1.165, 1.54) is 10.3 Å². The minimum absolute atomic E-state index is 0.931. The molecule has 0 unspecified atom stereocenters. The monoisotopic (exact) mass is 293 g/mol. The fourth-order valence-corrected chi connectivity index (χ4v) is 3.26. The van der Waals surface area contributed by atoms with E-state index in [2.05, 4.69) is 45.6 Å². The summed E-state index contributed by atoms with van der Waals surface area (Å²) in [4.78, 5) is 4.69. The zero-order valence-electron chi connectivity index (χ0n) is 11.3. The van der Waals surface area contributed by atoms with Crippen molar-refractivity contribution >= 4 is 21.6 Å². The summed E-state index contributed by atoms with van der Waals surface area (Å²) in [7, 11) is 0. The fraction of sp³-hybridized carbons (Fsp3) is 0.0667. The van der Waals surface area contributed by atoms with Gasteiger partial charge in [-0.05, 0) is 59.3 Å². The number of hydrogen-bond acceptors (Lipinski definition) is 5. The van der Waals surface area contributed by atoms with Crippen LogP contribution >= 0.6 is 11.3 Å². The largest absolute Gasteiger partial charge is 0.236 e. The topological polar surface area (TPSA) is 56.5 Å². The van der Waals surface area contributed by atoms with Gasteiger partial charge in [-0.15, -0.1) is 16.4 Å². The molecule has 4 aromatic rings. The Kier molecular flexibility index (Phi) is 2.75. The van der Waals surface area contributed by atoms with Crippen LogP contribution in [-0.4, -0.2) is 25.2 Å². The predicted molar refractivity (Wildman–Crippen MR) is 82.5 cm³/mol. The van der Waals surface area contributed by atoms with Crippen molar-refractivity contribution in [1.29, 1.82) is 0 Å². The normalized spacial score (nSPS) is 11.1. The van der Waals surface area contributed by atoms with Gasteiger partial charge in [0.2, 0.25) is 0 Å². The molecule has 2 heterocycles. The molecular formula is C15H11N5S. The van der Waals surface area contributed by atoms with E-state index < -0.39 is 0 Å². The van der Waals surface area contributed by atoms with Crippen molar-refractivity contribution < 1.29 is 0 Å². The van der Waals surface area contributed by atoms with Crippen LogP contribution in [0.25, 0.3) is 26.5 Å². The highest BCUT2D eigenvalue weighted by Crippen LogP contribution is 2.30. The molecule has 0 bridgehead atoms. The number of thiazole rings is 1. The van der Waals surface area contributed by atoms with Crippen LogP contribution in [0.2, 0.25) is 0 Å². The first kappa shape index (κ1) is 12.2. The number of benzene rings is 2. The van der Waals surface area contributed by atoms with E-state index in [0.717, 1.165) is 21.8 Å². The Hall–Kier alpha value is -2.60. The Bertz CT molecular complexity index is 894. The number of aryl methyl sites for hydroxylation is 1. The predicted octanol–water partition coefficient (Wildman–Crippen LogP) is 3.25. The lowest BCUT2D eigenvalue weighted by atomic mass is 10.2. The molecule has 0 amide bonds. The molecule has 0 aliphatic rings. The third-order valence-electron chi connectivity index (χ3n) is 3.27. The van der Waals surface area contributed by atoms with Gasteiger partial charge in [0, 0.05) is 5.56 Å². The van der Waals surface area contributed by atoms with E-state index in [-0.39, 0.29) is 0 Å². The molecule has 0 aliphatic heterocycles. The van der Waals surface area contributed by atoms with Crippen molar-refractivity contribution in [2.75, 3.05) is 0 Å². The minimum Gasteiger partial charge on any atom is -0.236 e. The highest BCUT2D eigenvalue weighted by molar-refractivity contribution is 7.21. The highest BCUT2D eigenvalue weighted by Gasteiger charge is 2.07. The SMILES string of the molecule is Cc1ccc2nc(-c3ccc(-n4cnnn4)cc3)sc2c1. The van der Waals surface area contributed by atoms with Crippen molar-refractivity contribution in [3.63, 3.8) is 0 Å². The van der Waals surface area contributed by atoms with Crippen LogP contribution in [-0.2, 0) is 0 Å². The fourth-order valence-electron chi connectivity index (χ4n) is 2.19. The van der Waals surface area contributed by atoms with Gasteiger partial charge in [-0.2, -0.15) is 0 Å². The number of fused-ring (bicyclic) bond motifs is 1. The molecule has 4 rings (SSSR count). The molecule has 0 atom stereocenters. The second-order valence-corrected chi connectivity index (χ2v) is 5.82. The number of nitrogens with zero attached hydrogens (tertiary/aromatic N) is 5. The number of tetrazole rings is 1. The molecule has 0 saturated carbocycles. The molecule has 102 valence electrons. The molecule has 2 aromatic heterocycles. The lowest BCUT2D eigenvalue weighted by molar-refractivity contribution is 0.789. The summed E-state index contributed by atoms with van der Waals surface area (Å²) in [6.07, 6.45) is 1.58. The zero-order chi connectivity index (χ0) is 14.2. The molecular weight excluding hydrogens is 282 g/mol. The molecule has 0 aliphatic carbocycles. The van der Waals surface area contributed by atoms with Crippen LogP contribution in [0.3, 0.4) is 0 Å². The Morgan fingerprint density at radius 1 is 1.05 bits per heavy atom. The van der Waals surface area contributed by atoms with Crippen molar-refractivity contribution in [2.24, 2.45) is 0 Å². The highest BCUT2D eigenvalue weighted by atomic mass is 32.1.